The molecule has 0 radical (unpaired) electrons. The van der Waals surface area contributed by atoms with Gasteiger partial charge < -0.3 is 10.2 Å². The smallest absolute Gasteiger partial charge is 0.270 e. The number of nitro benzene ring substituents is 1. The number of nitrogens with one attached hydrogen (secondary N) is 1. The van der Waals surface area contributed by atoms with Gasteiger partial charge >= 0.3 is 0 Å². The lowest BCUT2D eigenvalue weighted by molar-refractivity contribution is -0.384. The van der Waals surface area contributed by atoms with Gasteiger partial charge in [-0.3, -0.25) is 19.8 Å². The van der Waals surface area contributed by atoms with Gasteiger partial charge in [-0.25, -0.2) is 0 Å². The van der Waals surface area contributed by atoms with E-state index in [0.29, 0.717) is 12.1 Å². The van der Waals surface area contributed by atoms with E-state index in [1.54, 1.807) is 12.1 Å². The second-order valence-corrected chi connectivity index (χ2v) is 7.57. The number of hydrogen-bond acceptors (Lipinski definition) is 5. The molecule has 1 saturated carbocycles. The predicted octanol–water partition coefficient (Wildman–Crippen LogP) is 2.27. The van der Waals surface area contributed by atoms with Crippen molar-refractivity contribution in [3.8, 4) is 0 Å². The number of likely N-dealkylation sites (N-methyl/N-ethyl adjacent to an activating group) is 1. The number of rotatable bonds is 5. The SMILES string of the molecule is CN1CCN(C2(CNC(=O)c3cccc([N+](=O)[O-])c3)CCCCC2)CC1. The maximum Gasteiger partial charge on any atom is 0.270 e. The normalized spacial score (nSPS) is 21.3. The summed E-state index contributed by atoms with van der Waals surface area (Å²) in [5.41, 5.74) is 0.322. The van der Waals surface area contributed by atoms with E-state index < -0.39 is 4.92 Å². The number of benzene rings is 1. The van der Waals surface area contributed by atoms with Crippen molar-refractivity contribution in [2.45, 2.75) is 37.6 Å². The monoisotopic (exact) mass is 360 g/mol. The largest absolute Gasteiger partial charge is 0.350 e. The number of amides is 1. The molecule has 1 aromatic carbocycles. The molecule has 0 aromatic heterocycles. The fraction of sp³-hybridized carbons (Fsp3) is 0.632. The zero-order chi connectivity index (χ0) is 18.6. The summed E-state index contributed by atoms with van der Waals surface area (Å²) < 4.78 is 0. The van der Waals surface area contributed by atoms with Crippen molar-refractivity contribution in [3.63, 3.8) is 0 Å². The Balaban J connectivity index is 1.68. The van der Waals surface area contributed by atoms with E-state index >= 15 is 0 Å². The van der Waals surface area contributed by atoms with Gasteiger partial charge in [-0.1, -0.05) is 25.3 Å². The van der Waals surface area contributed by atoms with Crippen LogP contribution in [0, 0.1) is 10.1 Å². The fourth-order valence-corrected chi connectivity index (χ4v) is 4.20. The molecule has 0 atom stereocenters. The van der Waals surface area contributed by atoms with Crippen molar-refractivity contribution in [1.82, 2.24) is 15.1 Å². The zero-order valence-electron chi connectivity index (χ0n) is 15.4. The molecule has 1 aliphatic carbocycles. The molecule has 7 heteroatoms. The molecule has 3 rings (SSSR count). The van der Waals surface area contributed by atoms with E-state index in [4.69, 9.17) is 0 Å². The highest BCUT2D eigenvalue weighted by Crippen LogP contribution is 2.34. The standard InChI is InChI=1S/C19H28N4O3/c1-21-10-12-22(13-11-21)19(8-3-2-4-9-19)15-20-18(24)16-6-5-7-17(14-16)23(25)26/h5-7,14H,2-4,8-13,15H2,1H3,(H,20,24). The van der Waals surface area contributed by atoms with Gasteiger partial charge in [0.05, 0.1) is 4.92 Å². The third-order valence-corrected chi connectivity index (χ3v) is 5.86. The molecule has 0 bridgehead atoms. The quantitative estimate of drug-likeness (QED) is 0.644. The molecular weight excluding hydrogens is 332 g/mol. The molecule has 2 fully saturated rings. The van der Waals surface area contributed by atoms with Gasteiger partial charge in [0.2, 0.25) is 0 Å². The van der Waals surface area contributed by atoms with Gasteiger partial charge in [-0.05, 0) is 26.0 Å². The van der Waals surface area contributed by atoms with Crippen LogP contribution in [0.15, 0.2) is 24.3 Å². The zero-order valence-corrected chi connectivity index (χ0v) is 15.4. The molecule has 142 valence electrons. The summed E-state index contributed by atoms with van der Waals surface area (Å²) in [6.45, 7) is 4.78. The molecule has 1 aliphatic heterocycles. The van der Waals surface area contributed by atoms with E-state index in [9.17, 15) is 14.9 Å². The number of non-ortho nitro benzene ring substituents is 1. The van der Waals surface area contributed by atoms with Crippen molar-refractivity contribution >= 4 is 11.6 Å². The van der Waals surface area contributed by atoms with Gasteiger partial charge in [-0.2, -0.15) is 0 Å². The number of nitro groups is 1. The Morgan fingerprint density at radius 2 is 1.88 bits per heavy atom. The minimum atomic E-state index is -0.469. The first-order chi connectivity index (χ1) is 12.5. The van der Waals surface area contributed by atoms with Crippen molar-refractivity contribution in [2.24, 2.45) is 0 Å². The summed E-state index contributed by atoms with van der Waals surface area (Å²) in [5, 5.41) is 14.0. The molecule has 1 N–H and O–H groups in total. The average Bonchev–Trinajstić information content (AvgIpc) is 2.67. The second kappa shape index (κ2) is 8.14. The number of carbonyl (C=O) groups is 1. The number of carbonyl (C=O) groups excluding carboxylic acids is 1. The van der Waals surface area contributed by atoms with Crippen LogP contribution in [0.25, 0.3) is 0 Å². The van der Waals surface area contributed by atoms with E-state index in [1.165, 1.54) is 31.4 Å². The minimum absolute atomic E-state index is 0.0237. The maximum atomic E-state index is 12.6. The highest BCUT2D eigenvalue weighted by atomic mass is 16.6. The van der Waals surface area contributed by atoms with Crippen molar-refractivity contribution in [3.05, 3.63) is 39.9 Å². The molecule has 1 saturated heterocycles. The van der Waals surface area contributed by atoms with Crippen LogP contribution in [-0.2, 0) is 0 Å². The number of piperazine rings is 1. The lowest BCUT2D eigenvalue weighted by Gasteiger charge is -2.49. The van der Waals surface area contributed by atoms with Crippen LogP contribution < -0.4 is 5.32 Å². The molecule has 1 heterocycles. The van der Waals surface area contributed by atoms with Crippen LogP contribution >= 0.6 is 0 Å². The Labute approximate surface area is 154 Å². The highest BCUT2D eigenvalue weighted by Gasteiger charge is 2.39. The van der Waals surface area contributed by atoms with Gasteiger partial charge in [0.1, 0.15) is 0 Å². The molecule has 26 heavy (non-hydrogen) atoms. The van der Waals surface area contributed by atoms with E-state index in [1.807, 2.05) is 0 Å². The van der Waals surface area contributed by atoms with E-state index in [0.717, 1.165) is 39.0 Å². The van der Waals surface area contributed by atoms with Gasteiger partial charge in [-0.15, -0.1) is 0 Å². The Morgan fingerprint density at radius 3 is 2.54 bits per heavy atom. The molecular formula is C19H28N4O3. The third-order valence-electron chi connectivity index (χ3n) is 5.86. The summed E-state index contributed by atoms with van der Waals surface area (Å²) in [6.07, 6.45) is 5.85. The Morgan fingerprint density at radius 1 is 1.19 bits per heavy atom. The fourth-order valence-electron chi connectivity index (χ4n) is 4.20. The molecule has 0 unspecified atom stereocenters. The van der Waals surface area contributed by atoms with Crippen LogP contribution in [0.4, 0.5) is 5.69 Å². The summed E-state index contributed by atoms with van der Waals surface area (Å²) in [4.78, 5) is 27.9. The van der Waals surface area contributed by atoms with Gasteiger partial charge in [0.15, 0.2) is 0 Å². The first-order valence-corrected chi connectivity index (χ1v) is 9.46. The van der Waals surface area contributed by atoms with Crippen molar-refractivity contribution in [2.75, 3.05) is 39.8 Å². The highest BCUT2D eigenvalue weighted by molar-refractivity contribution is 5.94. The molecule has 1 aromatic rings. The summed E-state index contributed by atoms with van der Waals surface area (Å²) in [7, 11) is 2.15. The van der Waals surface area contributed by atoms with Crippen LogP contribution in [0.3, 0.4) is 0 Å². The number of hydrogen-bond donors (Lipinski definition) is 1. The van der Waals surface area contributed by atoms with Gasteiger partial charge in [0, 0.05) is 56.0 Å². The summed E-state index contributed by atoms with van der Waals surface area (Å²) in [5.74, 6) is -0.229. The van der Waals surface area contributed by atoms with Crippen LogP contribution in [-0.4, -0.2) is 65.9 Å². The Bertz CT molecular complexity index is 650. The Kier molecular flexibility index (Phi) is 5.88. The van der Waals surface area contributed by atoms with E-state index in [-0.39, 0.29) is 17.1 Å². The first kappa shape index (κ1) is 18.8. The van der Waals surface area contributed by atoms with Crippen molar-refractivity contribution in [1.29, 1.82) is 0 Å². The molecule has 2 aliphatic rings. The lowest BCUT2D eigenvalue weighted by atomic mass is 9.79. The van der Waals surface area contributed by atoms with Crippen LogP contribution in [0.5, 0.6) is 0 Å². The summed E-state index contributed by atoms with van der Waals surface area (Å²) in [6, 6.07) is 5.94. The number of nitrogens with zero attached hydrogens (tertiary/aromatic N) is 3. The lowest BCUT2D eigenvalue weighted by Crippen LogP contribution is -2.61. The average molecular weight is 360 g/mol. The molecule has 0 spiro atoms. The maximum absolute atomic E-state index is 12.6. The second-order valence-electron chi connectivity index (χ2n) is 7.57. The molecule has 7 nitrogen and oxygen atoms in total. The third kappa shape index (κ3) is 4.22. The topological polar surface area (TPSA) is 78.7 Å². The van der Waals surface area contributed by atoms with E-state index in [2.05, 4.69) is 22.2 Å². The predicted molar refractivity (Wildman–Crippen MR) is 100 cm³/mol. The van der Waals surface area contributed by atoms with Gasteiger partial charge in [0.25, 0.3) is 11.6 Å². The summed E-state index contributed by atoms with van der Waals surface area (Å²) >= 11 is 0. The van der Waals surface area contributed by atoms with Crippen LogP contribution in [0.2, 0.25) is 0 Å². The Hall–Kier alpha value is -1.99. The molecule has 1 amide bonds. The van der Waals surface area contributed by atoms with Crippen molar-refractivity contribution < 1.29 is 9.72 Å². The first-order valence-electron chi connectivity index (χ1n) is 9.46. The van der Waals surface area contributed by atoms with Crippen LogP contribution in [0.1, 0.15) is 42.5 Å². The minimum Gasteiger partial charge on any atom is -0.350 e.